The molecule has 0 fully saturated rings. The fourth-order valence-corrected chi connectivity index (χ4v) is 4.05. The van der Waals surface area contributed by atoms with Gasteiger partial charge >= 0.3 is 4.87 Å². The molecule has 0 saturated heterocycles. The molecule has 0 unspecified atom stereocenters. The van der Waals surface area contributed by atoms with Gasteiger partial charge in [0.15, 0.2) is 0 Å². The molecule has 0 saturated carbocycles. The summed E-state index contributed by atoms with van der Waals surface area (Å²) < 4.78 is 7.07. The first-order chi connectivity index (χ1) is 14.1. The number of nitrogens with zero attached hydrogens (tertiary/aromatic N) is 1. The van der Waals surface area contributed by atoms with Gasteiger partial charge in [0.05, 0.1) is 11.3 Å². The Morgan fingerprint density at radius 2 is 1.86 bits per heavy atom. The third-order valence-electron chi connectivity index (χ3n) is 4.70. The average Bonchev–Trinajstić information content (AvgIpc) is 3.03. The molecule has 1 heterocycles. The Morgan fingerprint density at radius 1 is 1.03 bits per heavy atom. The molecule has 0 radical (unpaired) electrons. The Morgan fingerprint density at radius 3 is 2.69 bits per heavy atom. The van der Waals surface area contributed by atoms with Gasteiger partial charge in [-0.05, 0) is 42.9 Å². The first-order valence-electron chi connectivity index (χ1n) is 9.86. The molecule has 1 amide bonds. The van der Waals surface area contributed by atoms with Gasteiger partial charge in [-0.3, -0.25) is 9.59 Å². The zero-order valence-electron chi connectivity index (χ0n) is 16.3. The van der Waals surface area contributed by atoms with E-state index >= 15 is 0 Å². The van der Waals surface area contributed by atoms with E-state index in [1.165, 1.54) is 5.56 Å². The summed E-state index contributed by atoms with van der Waals surface area (Å²) in [6.45, 7) is 1.87. The molecule has 3 aromatic rings. The van der Waals surface area contributed by atoms with Crippen LogP contribution in [0.3, 0.4) is 0 Å². The molecule has 0 spiro atoms. The topological polar surface area (TPSA) is 80.6 Å². The van der Waals surface area contributed by atoms with Gasteiger partial charge in [0.2, 0.25) is 5.91 Å². The number of thiazole rings is 1. The largest absolute Gasteiger partial charge is 0.424 e. The summed E-state index contributed by atoms with van der Waals surface area (Å²) in [6, 6.07) is 15.7. The molecule has 1 aromatic heterocycles. The van der Waals surface area contributed by atoms with Crippen molar-refractivity contribution in [1.82, 2.24) is 10.0 Å². The lowest BCUT2D eigenvalue weighted by Gasteiger charge is -2.07. The van der Waals surface area contributed by atoms with E-state index in [1.54, 1.807) is 12.1 Å². The molecule has 154 valence electrons. The highest BCUT2D eigenvalue weighted by Crippen LogP contribution is 2.21. The third kappa shape index (κ3) is 6.17. The van der Waals surface area contributed by atoms with Crippen molar-refractivity contribution in [3.8, 4) is 0 Å². The number of hydrogen-bond acceptors (Lipinski definition) is 5. The lowest BCUT2D eigenvalue weighted by atomic mass is 10.1. The van der Waals surface area contributed by atoms with Crippen LogP contribution in [0.1, 0.15) is 30.4 Å². The number of rotatable bonds is 11. The number of hydrogen-bond donors (Lipinski definition) is 2. The lowest BCUT2D eigenvalue weighted by molar-refractivity contribution is -0.121. The Balaban J connectivity index is 1.28. The van der Waals surface area contributed by atoms with Crippen molar-refractivity contribution in [2.45, 2.75) is 32.1 Å². The van der Waals surface area contributed by atoms with Crippen molar-refractivity contribution in [1.29, 1.82) is 0 Å². The normalized spacial score (nSPS) is 11.0. The molecule has 29 heavy (non-hydrogen) atoms. The van der Waals surface area contributed by atoms with E-state index in [1.807, 2.05) is 24.3 Å². The van der Waals surface area contributed by atoms with Crippen molar-refractivity contribution < 1.29 is 14.7 Å². The fraction of sp³-hybridized carbons (Fsp3) is 0.364. The summed E-state index contributed by atoms with van der Waals surface area (Å²) in [5, 5.41) is 12.6. The average molecular weight is 415 g/mol. The maximum atomic E-state index is 12.0. The molecule has 0 aliphatic heterocycles. The van der Waals surface area contributed by atoms with E-state index < -0.39 is 4.87 Å². The van der Waals surface area contributed by atoms with Crippen molar-refractivity contribution in [3.63, 3.8) is 0 Å². The third-order valence-corrected chi connectivity index (χ3v) is 5.73. The van der Waals surface area contributed by atoms with Crippen LogP contribution in [0.2, 0.25) is 0 Å². The van der Waals surface area contributed by atoms with Gasteiger partial charge in [-0.25, -0.2) is 0 Å². The van der Waals surface area contributed by atoms with E-state index in [0.717, 1.165) is 40.9 Å². The second-order valence-electron chi connectivity index (χ2n) is 6.85. The maximum absolute atomic E-state index is 12.0. The highest BCUT2D eigenvalue weighted by atomic mass is 32.1. The first-order valence-corrected chi connectivity index (χ1v) is 10.7. The lowest BCUT2D eigenvalue weighted by Crippen LogP contribution is -2.25. The Bertz CT molecular complexity index is 981. The number of benzene rings is 2. The van der Waals surface area contributed by atoms with Crippen LogP contribution < -0.4 is 10.2 Å². The van der Waals surface area contributed by atoms with E-state index in [0.29, 0.717) is 42.8 Å². The second-order valence-corrected chi connectivity index (χ2v) is 7.81. The molecule has 3 rings (SSSR count). The molecule has 0 aliphatic rings. The summed E-state index contributed by atoms with van der Waals surface area (Å²) in [5.74, 6) is 0.0226. The number of unbranched alkanes of at least 4 members (excludes halogenated alkanes) is 1. The first kappa shape index (κ1) is 21.1. The number of nitrogens with one attached hydrogen (secondary N) is 1. The van der Waals surface area contributed by atoms with Gasteiger partial charge in [0.1, 0.15) is 5.52 Å². The molecule has 6 nitrogen and oxygen atoms in total. The minimum Gasteiger partial charge on any atom is -0.424 e. The van der Waals surface area contributed by atoms with Gasteiger partial charge in [-0.15, -0.1) is 4.73 Å². The molecule has 0 bridgehead atoms. The Labute approximate surface area is 173 Å². The molecular weight excluding hydrogens is 388 g/mol. The van der Waals surface area contributed by atoms with E-state index in [2.05, 4.69) is 17.4 Å². The zero-order chi connectivity index (χ0) is 20.5. The fourth-order valence-electron chi connectivity index (χ4n) is 3.13. The Kier molecular flexibility index (Phi) is 7.84. The highest BCUT2D eigenvalue weighted by Gasteiger charge is 2.10. The summed E-state index contributed by atoms with van der Waals surface area (Å²) in [6.07, 6.45) is 3.65. The van der Waals surface area contributed by atoms with Crippen LogP contribution in [-0.2, 0) is 22.4 Å². The smallest absolute Gasteiger partial charge is 0.340 e. The predicted octanol–water partition coefficient (Wildman–Crippen LogP) is 3.39. The number of amides is 1. The number of carbonyl (C=O) groups is 1. The highest BCUT2D eigenvalue weighted by molar-refractivity contribution is 7.16. The standard InChI is InChI=1S/C22H26N2O4S/c25-20(11-4-5-15-28-16-13-17-7-2-1-3-8-17)23-14-12-18-9-6-10-19-21(18)29-22(26)24(19)27/h1-3,6-10,27H,4-5,11-16H2,(H,23,25). The molecule has 2 aromatic carbocycles. The van der Waals surface area contributed by atoms with Gasteiger partial charge < -0.3 is 15.3 Å². The monoisotopic (exact) mass is 414 g/mol. The number of fused-ring (bicyclic) bond motifs is 1. The van der Waals surface area contributed by atoms with Crippen LogP contribution in [0.5, 0.6) is 0 Å². The summed E-state index contributed by atoms with van der Waals surface area (Å²) in [7, 11) is 0. The molecule has 0 aliphatic carbocycles. The molecule has 0 atom stereocenters. The van der Waals surface area contributed by atoms with E-state index in [9.17, 15) is 14.8 Å². The molecule has 2 N–H and O–H groups in total. The van der Waals surface area contributed by atoms with Crippen LogP contribution in [0.25, 0.3) is 10.2 Å². The minimum atomic E-state index is -0.400. The van der Waals surface area contributed by atoms with Crippen LogP contribution in [0.4, 0.5) is 0 Å². The van der Waals surface area contributed by atoms with Gasteiger partial charge in [-0.1, -0.05) is 53.8 Å². The van der Waals surface area contributed by atoms with Gasteiger partial charge in [0.25, 0.3) is 0 Å². The Hall–Kier alpha value is -2.64. The summed E-state index contributed by atoms with van der Waals surface area (Å²) >= 11 is 1.02. The van der Waals surface area contributed by atoms with Crippen LogP contribution in [-0.4, -0.2) is 35.6 Å². The molecule has 7 heteroatoms. The van der Waals surface area contributed by atoms with Crippen molar-refractivity contribution >= 4 is 27.5 Å². The van der Waals surface area contributed by atoms with Crippen molar-refractivity contribution in [3.05, 3.63) is 69.3 Å². The van der Waals surface area contributed by atoms with Gasteiger partial charge in [-0.2, -0.15) is 0 Å². The quantitative estimate of drug-likeness (QED) is 0.372. The number of carbonyl (C=O) groups excluding carboxylic acids is 1. The minimum absolute atomic E-state index is 0.0226. The van der Waals surface area contributed by atoms with Crippen LogP contribution in [0.15, 0.2) is 53.3 Å². The number of aromatic nitrogens is 1. The number of ether oxygens (including phenoxy) is 1. The summed E-state index contributed by atoms with van der Waals surface area (Å²) in [5.41, 5.74) is 2.73. The van der Waals surface area contributed by atoms with E-state index in [-0.39, 0.29) is 5.91 Å². The summed E-state index contributed by atoms with van der Waals surface area (Å²) in [4.78, 5) is 23.2. The van der Waals surface area contributed by atoms with Crippen LogP contribution in [0, 0.1) is 0 Å². The second kappa shape index (κ2) is 10.8. The predicted molar refractivity (Wildman–Crippen MR) is 115 cm³/mol. The van der Waals surface area contributed by atoms with Gasteiger partial charge in [0, 0.05) is 19.6 Å². The van der Waals surface area contributed by atoms with E-state index in [4.69, 9.17) is 4.74 Å². The van der Waals surface area contributed by atoms with Crippen molar-refractivity contribution in [2.75, 3.05) is 19.8 Å². The maximum Gasteiger partial charge on any atom is 0.340 e. The van der Waals surface area contributed by atoms with Crippen molar-refractivity contribution in [2.24, 2.45) is 0 Å². The van der Waals surface area contributed by atoms with Crippen LogP contribution >= 0.6 is 11.3 Å². The molecular formula is C22H26N2O4S. The zero-order valence-corrected chi connectivity index (χ0v) is 17.1. The SMILES string of the molecule is O=C(CCCCOCCc1ccccc1)NCCc1cccc2c1sc(=O)n2O.